The number of pyridine rings is 1. The van der Waals surface area contributed by atoms with Crippen LogP contribution >= 0.6 is 0 Å². The van der Waals surface area contributed by atoms with Crippen LogP contribution in [0.2, 0.25) is 0 Å². The second-order valence-electron chi connectivity index (χ2n) is 3.70. The Kier molecular flexibility index (Phi) is 2.97. The van der Waals surface area contributed by atoms with Gasteiger partial charge in [0.05, 0.1) is 5.52 Å². The van der Waals surface area contributed by atoms with Gasteiger partial charge < -0.3 is 5.32 Å². The maximum atomic E-state index is 4.36. The van der Waals surface area contributed by atoms with E-state index in [0.717, 1.165) is 12.1 Å². The molecule has 15 heavy (non-hydrogen) atoms. The molecule has 78 valence electrons. The van der Waals surface area contributed by atoms with Crippen molar-refractivity contribution in [2.75, 3.05) is 6.54 Å². The van der Waals surface area contributed by atoms with E-state index < -0.39 is 0 Å². The predicted octanol–water partition coefficient (Wildman–Crippen LogP) is 2.91. The third kappa shape index (κ3) is 2.00. The predicted molar refractivity (Wildman–Crippen MR) is 63.8 cm³/mol. The largest absolute Gasteiger partial charge is 0.310 e. The van der Waals surface area contributed by atoms with Crippen molar-refractivity contribution in [3.05, 3.63) is 42.1 Å². The Balaban J connectivity index is 2.50. The van der Waals surface area contributed by atoms with Crippen molar-refractivity contribution >= 4 is 10.9 Å². The van der Waals surface area contributed by atoms with Crippen LogP contribution in [0.4, 0.5) is 0 Å². The van der Waals surface area contributed by atoms with Gasteiger partial charge >= 0.3 is 0 Å². The Morgan fingerprint density at radius 3 is 2.93 bits per heavy atom. The molecule has 2 heteroatoms. The average molecular weight is 200 g/mol. The molecule has 0 aliphatic heterocycles. The molecule has 2 aromatic rings. The minimum atomic E-state index is 0.378. The molecule has 0 saturated carbocycles. The van der Waals surface area contributed by atoms with Crippen molar-refractivity contribution in [3.63, 3.8) is 0 Å². The zero-order chi connectivity index (χ0) is 10.7. The lowest BCUT2D eigenvalue weighted by atomic mass is 10.0. The van der Waals surface area contributed by atoms with Crippen LogP contribution < -0.4 is 5.32 Å². The first-order chi connectivity index (χ1) is 7.33. The summed E-state index contributed by atoms with van der Waals surface area (Å²) >= 11 is 0. The first kappa shape index (κ1) is 10.1. The average Bonchev–Trinajstić information content (AvgIpc) is 2.28. The zero-order valence-corrected chi connectivity index (χ0v) is 9.20. The maximum Gasteiger partial charge on any atom is 0.0705 e. The molecule has 0 radical (unpaired) electrons. The topological polar surface area (TPSA) is 24.9 Å². The highest BCUT2D eigenvalue weighted by atomic mass is 14.9. The van der Waals surface area contributed by atoms with E-state index in [-0.39, 0.29) is 0 Å². The van der Waals surface area contributed by atoms with E-state index >= 15 is 0 Å². The third-order valence-corrected chi connectivity index (χ3v) is 2.66. The fourth-order valence-electron chi connectivity index (χ4n) is 1.92. The van der Waals surface area contributed by atoms with E-state index in [2.05, 4.69) is 48.4 Å². The maximum absolute atomic E-state index is 4.36. The Morgan fingerprint density at radius 1 is 1.27 bits per heavy atom. The van der Waals surface area contributed by atoms with Crippen LogP contribution in [0.5, 0.6) is 0 Å². The molecule has 1 atom stereocenters. The van der Waals surface area contributed by atoms with Crippen LogP contribution in [-0.4, -0.2) is 11.5 Å². The van der Waals surface area contributed by atoms with Crippen molar-refractivity contribution in [3.8, 4) is 0 Å². The van der Waals surface area contributed by atoms with Gasteiger partial charge in [-0.15, -0.1) is 0 Å². The monoisotopic (exact) mass is 200 g/mol. The smallest absolute Gasteiger partial charge is 0.0705 e. The number of hydrogen-bond acceptors (Lipinski definition) is 2. The van der Waals surface area contributed by atoms with Crippen LogP contribution in [-0.2, 0) is 0 Å². The van der Waals surface area contributed by atoms with Gasteiger partial charge in [-0.2, -0.15) is 0 Å². The summed E-state index contributed by atoms with van der Waals surface area (Å²) in [5.41, 5.74) is 2.39. The molecule has 1 unspecified atom stereocenters. The van der Waals surface area contributed by atoms with Gasteiger partial charge in [-0.3, -0.25) is 4.98 Å². The summed E-state index contributed by atoms with van der Waals surface area (Å²) in [5, 5.41) is 4.67. The van der Waals surface area contributed by atoms with Crippen molar-refractivity contribution in [1.82, 2.24) is 10.3 Å². The summed E-state index contributed by atoms with van der Waals surface area (Å²) in [5.74, 6) is 0. The van der Waals surface area contributed by atoms with E-state index in [1.807, 2.05) is 12.3 Å². The molecule has 0 aliphatic carbocycles. The Morgan fingerprint density at radius 2 is 2.13 bits per heavy atom. The fraction of sp³-hybridized carbons (Fsp3) is 0.308. The number of nitrogens with one attached hydrogen (secondary N) is 1. The summed E-state index contributed by atoms with van der Waals surface area (Å²) < 4.78 is 0. The number of aromatic nitrogens is 1. The van der Waals surface area contributed by atoms with Gasteiger partial charge in [0.25, 0.3) is 0 Å². The molecule has 1 aromatic carbocycles. The number of benzene rings is 1. The van der Waals surface area contributed by atoms with E-state index in [9.17, 15) is 0 Å². The van der Waals surface area contributed by atoms with E-state index in [1.54, 1.807) is 0 Å². The van der Waals surface area contributed by atoms with Gasteiger partial charge in [0.2, 0.25) is 0 Å². The highest BCUT2D eigenvalue weighted by Crippen LogP contribution is 2.22. The normalized spacial score (nSPS) is 12.9. The lowest BCUT2D eigenvalue weighted by Gasteiger charge is -2.14. The Hall–Kier alpha value is -1.41. The Labute approximate surface area is 90.3 Å². The number of hydrogen-bond donors (Lipinski definition) is 1. The van der Waals surface area contributed by atoms with E-state index in [0.29, 0.717) is 6.04 Å². The van der Waals surface area contributed by atoms with Crippen LogP contribution in [0.15, 0.2) is 36.5 Å². The van der Waals surface area contributed by atoms with E-state index in [4.69, 9.17) is 0 Å². The van der Waals surface area contributed by atoms with Gasteiger partial charge in [-0.05, 0) is 31.2 Å². The highest BCUT2D eigenvalue weighted by Gasteiger charge is 2.07. The zero-order valence-electron chi connectivity index (χ0n) is 9.20. The standard InChI is InChI=1S/C13H16N2/c1-3-14-10(2)11-6-4-8-13-12(11)7-5-9-15-13/h4-10,14H,3H2,1-2H3. The SMILES string of the molecule is CCNC(C)c1cccc2ncccc12. The lowest BCUT2D eigenvalue weighted by molar-refractivity contribution is 0.602. The first-order valence-corrected chi connectivity index (χ1v) is 5.40. The quantitative estimate of drug-likeness (QED) is 0.824. The number of nitrogens with zero attached hydrogens (tertiary/aromatic N) is 1. The van der Waals surface area contributed by atoms with Gasteiger partial charge in [0.15, 0.2) is 0 Å². The molecule has 0 fully saturated rings. The fourth-order valence-corrected chi connectivity index (χ4v) is 1.92. The van der Waals surface area contributed by atoms with Crippen LogP contribution in [0.25, 0.3) is 10.9 Å². The minimum absolute atomic E-state index is 0.378. The highest BCUT2D eigenvalue weighted by molar-refractivity contribution is 5.82. The molecule has 2 rings (SSSR count). The van der Waals surface area contributed by atoms with E-state index in [1.165, 1.54) is 10.9 Å². The van der Waals surface area contributed by atoms with Crippen molar-refractivity contribution < 1.29 is 0 Å². The summed E-state index contributed by atoms with van der Waals surface area (Å²) in [6.07, 6.45) is 1.84. The molecule has 0 bridgehead atoms. The van der Waals surface area contributed by atoms with Gasteiger partial charge in [0.1, 0.15) is 0 Å². The van der Waals surface area contributed by atoms with Crippen LogP contribution in [0, 0.1) is 0 Å². The number of rotatable bonds is 3. The van der Waals surface area contributed by atoms with Gasteiger partial charge in [-0.1, -0.05) is 25.1 Å². The summed E-state index contributed by atoms with van der Waals surface area (Å²) in [6.45, 7) is 5.29. The summed E-state index contributed by atoms with van der Waals surface area (Å²) in [7, 11) is 0. The molecule has 0 aliphatic rings. The summed E-state index contributed by atoms with van der Waals surface area (Å²) in [6, 6.07) is 10.8. The second-order valence-corrected chi connectivity index (χ2v) is 3.70. The van der Waals surface area contributed by atoms with Crippen LogP contribution in [0.3, 0.4) is 0 Å². The molecule has 0 spiro atoms. The molecule has 2 nitrogen and oxygen atoms in total. The molecule has 0 saturated heterocycles. The molecular formula is C13H16N2. The van der Waals surface area contributed by atoms with Gasteiger partial charge in [-0.25, -0.2) is 0 Å². The van der Waals surface area contributed by atoms with Crippen molar-refractivity contribution in [2.24, 2.45) is 0 Å². The van der Waals surface area contributed by atoms with Gasteiger partial charge in [0, 0.05) is 17.6 Å². The van der Waals surface area contributed by atoms with Crippen molar-refractivity contribution in [1.29, 1.82) is 0 Å². The van der Waals surface area contributed by atoms with Crippen molar-refractivity contribution in [2.45, 2.75) is 19.9 Å². The molecule has 1 N–H and O–H groups in total. The first-order valence-electron chi connectivity index (χ1n) is 5.40. The molecular weight excluding hydrogens is 184 g/mol. The Bertz CT molecular complexity index is 446. The number of fused-ring (bicyclic) bond motifs is 1. The summed E-state index contributed by atoms with van der Waals surface area (Å²) in [4.78, 5) is 4.36. The third-order valence-electron chi connectivity index (χ3n) is 2.66. The second kappa shape index (κ2) is 4.41. The minimum Gasteiger partial charge on any atom is -0.310 e. The van der Waals surface area contributed by atoms with Crippen LogP contribution in [0.1, 0.15) is 25.5 Å². The molecule has 1 heterocycles. The molecule has 0 amide bonds. The lowest BCUT2D eigenvalue weighted by Crippen LogP contribution is -2.17. The molecule has 1 aromatic heterocycles.